The van der Waals surface area contributed by atoms with E-state index in [0.29, 0.717) is 11.3 Å². The van der Waals surface area contributed by atoms with E-state index >= 15 is 0 Å². The second-order valence-corrected chi connectivity index (χ2v) is 7.07. The van der Waals surface area contributed by atoms with Crippen molar-refractivity contribution < 1.29 is 27.1 Å². The first-order chi connectivity index (χ1) is 12.2. The molecular formula is C17H17FN2O5S. The number of carbonyl (C=O) groups excluding carboxylic acids is 2. The third-order valence-electron chi connectivity index (χ3n) is 3.42. The third-order valence-corrected chi connectivity index (χ3v) is 4.98. The molecule has 2 aromatic rings. The Morgan fingerprint density at radius 2 is 1.62 bits per heavy atom. The predicted octanol–water partition coefficient (Wildman–Crippen LogP) is 1.92. The maximum absolute atomic E-state index is 12.9. The van der Waals surface area contributed by atoms with Gasteiger partial charge in [0.05, 0.1) is 23.6 Å². The molecule has 0 heterocycles. The van der Waals surface area contributed by atoms with Crippen LogP contribution in [-0.2, 0) is 19.6 Å². The number of benzene rings is 2. The largest absolute Gasteiger partial charge is 0.465 e. The van der Waals surface area contributed by atoms with Crippen LogP contribution in [0.25, 0.3) is 0 Å². The lowest BCUT2D eigenvalue weighted by molar-refractivity contribution is -0.117. The van der Waals surface area contributed by atoms with E-state index in [9.17, 15) is 22.4 Å². The predicted molar refractivity (Wildman–Crippen MR) is 92.6 cm³/mol. The highest BCUT2D eigenvalue weighted by Gasteiger charge is 2.22. The molecule has 138 valence electrons. The van der Waals surface area contributed by atoms with Crippen LogP contribution in [0, 0.1) is 5.82 Å². The lowest BCUT2D eigenvalue weighted by atomic mass is 10.2. The zero-order chi connectivity index (χ0) is 19.3. The van der Waals surface area contributed by atoms with Gasteiger partial charge in [0.25, 0.3) is 0 Å². The van der Waals surface area contributed by atoms with Gasteiger partial charge in [-0.1, -0.05) is 0 Å². The summed E-state index contributed by atoms with van der Waals surface area (Å²) in [6.07, 6.45) is 0. The van der Waals surface area contributed by atoms with Crippen LogP contribution in [0.15, 0.2) is 53.4 Å². The van der Waals surface area contributed by atoms with Crippen LogP contribution in [0.4, 0.5) is 10.1 Å². The first-order valence-electron chi connectivity index (χ1n) is 7.50. The van der Waals surface area contributed by atoms with Crippen molar-refractivity contribution in [3.63, 3.8) is 0 Å². The molecule has 0 bridgehead atoms. The Hall–Kier alpha value is -2.78. The van der Waals surface area contributed by atoms with Crippen LogP contribution in [-0.4, -0.2) is 33.4 Å². The van der Waals surface area contributed by atoms with Crippen molar-refractivity contribution in [2.45, 2.75) is 17.9 Å². The summed E-state index contributed by atoms with van der Waals surface area (Å²) in [5, 5.41) is 2.53. The summed E-state index contributed by atoms with van der Waals surface area (Å²) >= 11 is 0. The number of ether oxygens (including phenoxy) is 1. The summed E-state index contributed by atoms with van der Waals surface area (Å²) in [5.74, 6) is -1.67. The maximum Gasteiger partial charge on any atom is 0.337 e. The highest BCUT2D eigenvalue weighted by atomic mass is 32.2. The number of hydrogen-bond acceptors (Lipinski definition) is 5. The molecule has 0 aromatic heterocycles. The smallest absolute Gasteiger partial charge is 0.337 e. The maximum atomic E-state index is 12.9. The molecule has 9 heteroatoms. The van der Waals surface area contributed by atoms with Crippen molar-refractivity contribution in [3.8, 4) is 0 Å². The molecule has 0 aliphatic heterocycles. The summed E-state index contributed by atoms with van der Waals surface area (Å²) in [4.78, 5) is 23.4. The molecule has 0 saturated carbocycles. The van der Waals surface area contributed by atoms with Crippen molar-refractivity contribution in [1.29, 1.82) is 0 Å². The first-order valence-corrected chi connectivity index (χ1v) is 8.98. The SMILES string of the molecule is COC(=O)c1ccc(NC(=O)[C@H](C)NS(=O)(=O)c2ccc(F)cc2)cc1. The van der Waals surface area contributed by atoms with E-state index < -0.39 is 33.8 Å². The van der Waals surface area contributed by atoms with E-state index in [-0.39, 0.29) is 4.90 Å². The zero-order valence-electron chi connectivity index (χ0n) is 14.0. The Bertz CT molecular complexity index is 896. The molecule has 0 saturated heterocycles. The minimum Gasteiger partial charge on any atom is -0.465 e. The van der Waals surface area contributed by atoms with E-state index in [4.69, 9.17) is 0 Å². The summed E-state index contributed by atoms with van der Waals surface area (Å²) in [5.41, 5.74) is 0.700. The second-order valence-electron chi connectivity index (χ2n) is 5.36. The molecule has 0 aliphatic carbocycles. The topological polar surface area (TPSA) is 102 Å². The number of rotatable bonds is 6. The molecule has 2 N–H and O–H groups in total. The summed E-state index contributed by atoms with van der Waals surface area (Å²) in [7, 11) is -2.72. The Labute approximate surface area is 150 Å². The molecule has 0 aliphatic rings. The number of anilines is 1. The van der Waals surface area contributed by atoms with Crippen LogP contribution in [0.1, 0.15) is 17.3 Å². The highest BCUT2D eigenvalue weighted by molar-refractivity contribution is 7.89. The van der Waals surface area contributed by atoms with Gasteiger partial charge in [-0.3, -0.25) is 4.79 Å². The van der Waals surface area contributed by atoms with Gasteiger partial charge in [-0.2, -0.15) is 4.72 Å². The van der Waals surface area contributed by atoms with Gasteiger partial charge < -0.3 is 10.1 Å². The fourth-order valence-corrected chi connectivity index (χ4v) is 3.23. The molecule has 0 fully saturated rings. The van der Waals surface area contributed by atoms with Crippen LogP contribution in [0.3, 0.4) is 0 Å². The van der Waals surface area contributed by atoms with Gasteiger partial charge in [0, 0.05) is 5.69 Å². The molecule has 0 spiro atoms. The van der Waals surface area contributed by atoms with Gasteiger partial charge in [0.15, 0.2) is 0 Å². The number of halogens is 1. The van der Waals surface area contributed by atoms with Gasteiger partial charge in [-0.25, -0.2) is 17.6 Å². The number of sulfonamides is 1. The number of methoxy groups -OCH3 is 1. The van der Waals surface area contributed by atoms with E-state index in [1.807, 2.05) is 0 Å². The summed E-state index contributed by atoms with van der Waals surface area (Å²) < 4.78 is 44.1. The van der Waals surface area contributed by atoms with Gasteiger partial charge in [-0.05, 0) is 55.5 Å². The Morgan fingerprint density at radius 1 is 1.04 bits per heavy atom. The molecular weight excluding hydrogens is 363 g/mol. The quantitative estimate of drug-likeness (QED) is 0.746. The molecule has 0 unspecified atom stereocenters. The number of hydrogen-bond donors (Lipinski definition) is 2. The lowest BCUT2D eigenvalue weighted by Gasteiger charge is -2.14. The molecule has 1 amide bonds. The first kappa shape index (κ1) is 19.5. The van der Waals surface area contributed by atoms with Crippen molar-refractivity contribution in [2.75, 3.05) is 12.4 Å². The monoisotopic (exact) mass is 380 g/mol. The highest BCUT2D eigenvalue weighted by Crippen LogP contribution is 2.13. The minimum atomic E-state index is -3.97. The minimum absolute atomic E-state index is 0.152. The Balaban J connectivity index is 2.03. The summed E-state index contributed by atoms with van der Waals surface area (Å²) in [6.45, 7) is 1.37. The van der Waals surface area contributed by atoms with E-state index in [2.05, 4.69) is 14.8 Å². The Morgan fingerprint density at radius 3 is 2.15 bits per heavy atom. The van der Waals surface area contributed by atoms with Crippen molar-refractivity contribution in [2.24, 2.45) is 0 Å². The molecule has 7 nitrogen and oxygen atoms in total. The van der Waals surface area contributed by atoms with Gasteiger partial charge in [0.1, 0.15) is 5.82 Å². The second kappa shape index (κ2) is 8.07. The van der Waals surface area contributed by atoms with E-state index in [1.54, 1.807) is 0 Å². The van der Waals surface area contributed by atoms with Crippen LogP contribution >= 0.6 is 0 Å². The van der Waals surface area contributed by atoms with E-state index in [1.165, 1.54) is 38.3 Å². The zero-order valence-corrected chi connectivity index (χ0v) is 14.8. The molecule has 2 aromatic carbocycles. The number of amides is 1. The number of carbonyl (C=O) groups is 2. The molecule has 2 rings (SSSR count). The summed E-state index contributed by atoms with van der Waals surface area (Å²) in [6, 6.07) is 9.08. The number of nitrogens with one attached hydrogen (secondary N) is 2. The fraction of sp³-hybridized carbons (Fsp3) is 0.176. The van der Waals surface area contributed by atoms with Gasteiger partial charge in [-0.15, -0.1) is 0 Å². The van der Waals surface area contributed by atoms with Gasteiger partial charge >= 0.3 is 5.97 Å². The van der Waals surface area contributed by atoms with Crippen molar-refractivity contribution in [3.05, 3.63) is 59.9 Å². The van der Waals surface area contributed by atoms with Gasteiger partial charge in [0.2, 0.25) is 15.9 Å². The average molecular weight is 380 g/mol. The average Bonchev–Trinajstić information content (AvgIpc) is 2.61. The van der Waals surface area contributed by atoms with Crippen molar-refractivity contribution in [1.82, 2.24) is 4.72 Å². The molecule has 0 radical (unpaired) electrons. The molecule has 26 heavy (non-hydrogen) atoms. The normalized spacial score (nSPS) is 12.3. The number of esters is 1. The van der Waals surface area contributed by atoms with Crippen LogP contribution < -0.4 is 10.0 Å². The van der Waals surface area contributed by atoms with Crippen molar-refractivity contribution >= 4 is 27.6 Å². The Kier molecular flexibility index (Phi) is 6.06. The van der Waals surface area contributed by atoms with Crippen LogP contribution in [0.2, 0.25) is 0 Å². The van der Waals surface area contributed by atoms with E-state index in [0.717, 1.165) is 24.3 Å². The standard InChI is InChI=1S/C17H17FN2O5S/c1-11(20-26(23,24)15-9-5-13(18)6-10-15)16(21)19-14-7-3-12(4-8-14)17(22)25-2/h3-11,20H,1-2H3,(H,19,21)/t11-/m0/s1. The third kappa shape index (κ3) is 4.87. The lowest BCUT2D eigenvalue weighted by Crippen LogP contribution is -2.41. The molecule has 1 atom stereocenters. The van der Waals surface area contributed by atoms with Crippen LogP contribution in [0.5, 0.6) is 0 Å². The fourth-order valence-electron chi connectivity index (χ4n) is 2.03.